The molecule has 1 N–H and O–H groups in total. The second-order valence-corrected chi connectivity index (χ2v) is 8.11. The zero-order valence-electron chi connectivity index (χ0n) is 16.5. The summed E-state index contributed by atoms with van der Waals surface area (Å²) >= 11 is 1.44. The summed E-state index contributed by atoms with van der Waals surface area (Å²) in [4.78, 5) is 13.4. The average molecular weight is 412 g/mol. The van der Waals surface area contributed by atoms with Crippen LogP contribution in [-0.4, -0.2) is 38.9 Å². The molecule has 0 atom stereocenters. The highest BCUT2D eigenvalue weighted by molar-refractivity contribution is 7.21. The first kappa shape index (κ1) is 19.7. The molecule has 0 amide bonds. The van der Waals surface area contributed by atoms with Crippen LogP contribution in [0.5, 0.6) is 11.5 Å². The van der Waals surface area contributed by atoms with Gasteiger partial charge in [-0.2, -0.15) is 0 Å². The van der Waals surface area contributed by atoms with E-state index in [4.69, 9.17) is 14.2 Å². The normalized spacial score (nSPS) is 14.7. The van der Waals surface area contributed by atoms with Crippen LogP contribution >= 0.6 is 11.3 Å². The molecular formula is C23H25NO4S. The molecule has 2 aromatic carbocycles. The fraction of sp³-hybridized carbons (Fsp3) is 0.348. The Morgan fingerprint density at radius 2 is 1.97 bits per heavy atom. The Morgan fingerprint density at radius 3 is 2.79 bits per heavy atom. The van der Waals surface area contributed by atoms with Crippen molar-refractivity contribution in [3.05, 3.63) is 59.0 Å². The number of hydrogen-bond acceptors (Lipinski definition) is 6. The number of methoxy groups -OCH3 is 1. The first-order valence-corrected chi connectivity index (χ1v) is 10.7. The van der Waals surface area contributed by atoms with Gasteiger partial charge >= 0.3 is 5.97 Å². The van der Waals surface area contributed by atoms with E-state index in [1.165, 1.54) is 11.3 Å². The minimum atomic E-state index is -0.321. The van der Waals surface area contributed by atoms with E-state index in [1.807, 2.05) is 48.5 Å². The fourth-order valence-electron chi connectivity index (χ4n) is 3.51. The Kier molecular flexibility index (Phi) is 6.32. The number of thiophene rings is 1. The number of carbonyl (C=O) groups excluding carboxylic acids is 1. The standard InChI is InChI=1S/C23H25NO4S/c1-26-18-6-4-5-16(15-18)11-14-27-23(25)22-21(28-17-9-12-24-13-10-17)19-7-2-3-8-20(19)29-22/h2-8,15,17,24H,9-14H2,1H3. The fourth-order valence-corrected chi connectivity index (χ4v) is 4.54. The molecule has 1 fully saturated rings. The van der Waals surface area contributed by atoms with E-state index in [-0.39, 0.29) is 12.1 Å². The molecule has 1 saturated heterocycles. The number of ether oxygens (including phenoxy) is 3. The number of rotatable bonds is 7. The van der Waals surface area contributed by atoms with Gasteiger partial charge in [0.15, 0.2) is 10.6 Å². The zero-order chi connectivity index (χ0) is 20.1. The molecule has 1 aliphatic heterocycles. The summed E-state index contributed by atoms with van der Waals surface area (Å²) in [6.07, 6.45) is 2.64. The quantitative estimate of drug-likeness (QED) is 0.583. The van der Waals surface area contributed by atoms with Crippen molar-refractivity contribution >= 4 is 27.4 Å². The maximum Gasteiger partial charge on any atom is 0.352 e. The SMILES string of the molecule is COc1cccc(CCOC(=O)c2sc3ccccc3c2OC2CCNCC2)c1. The molecule has 0 radical (unpaired) electrons. The van der Waals surface area contributed by atoms with Crippen LogP contribution in [0.1, 0.15) is 28.1 Å². The lowest BCUT2D eigenvalue weighted by molar-refractivity contribution is 0.0507. The molecule has 0 unspecified atom stereocenters. The molecule has 1 aliphatic rings. The smallest absolute Gasteiger partial charge is 0.352 e. The molecule has 0 aliphatic carbocycles. The lowest BCUT2D eigenvalue weighted by atomic mass is 10.1. The molecule has 3 aromatic rings. The Labute approximate surface area is 174 Å². The van der Waals surface area contributed by atoms with Crippen molar-refractivity contribution in [2.24, 2.45) is 0 Å². The maximum atomic E-state index is 12.9. The molecule has 0 bridgehead atoms. The minimum absolute atomic E-state index is 0.123. The first-order chi connectivity index (χ1) is 14.2. The Hall–Kier alpha value is -2.57. The van der Waals surface area contributed by atoms with Crippen LogP contribution in [0.3, 0.4) is 0 Å². The van der Waals surface area contributed by atoms with Crippen LogP contribution in [0, 0.1) is 0 Å². The van der Waals surface area contributed by atoms with E-state index in [9.17, 15) is 4.79 Å². The molecule has 29 heavy (non-hydrogen) atoms. The summed E-state index contributed by atoms with van der Waals surface area (Å²) < 4.78 is 18.2. The Balaban J connectivity index is 1.48. The summed E-state index contributed by atoms with van der Waals surface area (Å²) in [6, 6.07) is 15.8. The lowest BCUT2D eigenvalue weighted by Crippen LogP contribution is -2.34. The van der Waals surface area contributed by atoms with Gasteiger partial charge in [-0.05, 0) is 55.8 Å². The van der Waals surface area contributed by atoms with E-state index in [0.29, 0.717) is 23.7 Å². The number of esters is 1. The van der Waals surface area contributed by atoms with E-state index in [2.05, 4.69) is 5.32 Å². The number of fused-ring (bicyclic) bond motifs is 1. The Bertz CT molecular complexity index is 978. The maximum absolute atomic E-state index is 12.9. The number of nitrogens with one attached hydrogen (secondary N) is 1. The van der Waals surface area contributed by atoms with Crippen molar-refractivity contribution < 1.29 is 19.0 Å². The lowest BCUT2D eigenvalue weighted by Gasteiger charge is -2.24. The van der Waals surface area contributed by atoms with Crippen molar-refractivity contribution in [3.63, 3.8) is 0 Å². The summed E-state index contributed by atoms with van der Waals surface area (Å²) in [5.41, 5.74) is 1.07. The highest BCUT2D eigenvalue weighted by Crippen LogP contribution is 2.39. The van der Waals surface area contributed by atoms with E-state index < -0.39 is 0 Å². The van der Waals surface area contributed by atoms with Crippen LogP contribution in [0.4, 0.5) is 0 Å². The van der Waals surface area contributed by atoms with Crippen molar-refractivity contribution in [1.29, 1.82) is 0 Å². The van der Waals surface area contributed by atoms with Crippen molar-refractivity contribution in [3.8, 4) is 11.5 Å². The van der Waals surface area contributed by atoms with Crippen molar-refractivity contribution in [2.45, 2.75) is 25.4 Å². The van der Waals surface area contributed by atoms with Gasteiger partial charge in [0.1, 0.15) is 11.9 Å². The van der Waals surface area contributed by atoms with Gasteiger partial charge < -0.3 is 19.5 Å². The average Bonchev–Trinajstić information content (AvgIpc) is 3.13. The van der Waals surface area contributed by atoms with Crippen LogP contribution in [0.25, 0.3) is 10.1 Å². The van der Waals surface area contributed by atoms with Crippen LogP contribution in [-0.2, 0) is 11.2 Å². The van der Waals surface area contributed by atoms with Crippen molar-refractivity contribution in [2.75, 3.05) is 26.8 Å². The van der Waals surface area contributed by atoms with Gasteiger partial charge in [-0.3, -0.25) is 0 Å². The molecule has 0 saturated carbocycles. The largest absolute Gasteiger partial charge is 0.497 e. The molecule has 2 heterocycles. The second-order valence-electron chi connectivity index (χ2n) is 7.06. The molecule has 5 nitrogen and oxygen atoms in total. The third kappa shape index (κ3) is 4.71. The summed E-state index contributed by atoms with van der Waals surface area (Å²) in [7, 11) is 1.64. The molecule has 152 valence electrons. The van der Waals surface area contributed by atoms with E-state index in [0.717, 1.165) is 47.3 Å². The number of carbonyl (C=O) groups is 1. The van der Waals surface area contributed by atoms with Gasteiger partial charge in [-0.25, -0.2) is 4.79 Å². The predicted octanol–water partition coefficient (Wildman–Crippen LogP) is 4.44. The van der Waals surface area contributed by atoms with Crippen LogP contribution in [0.15, 0.2) is 48.5 Å². The second kappa shape index (κ2) is 9.29. The van der Waals surface area contributed by atoms with Gasteiger partial charge in [0.25, 0.3) is 0 Å². The highest BCUT2D eigenvalue weighted by atomic mass is 32.1. The molecule has 0 spiro atoms. The summed E-state index contributed by atoms with van der Waals surface area (Å²) in [6.45, 7) is 2.19. The highest BCUT2D eigenvalue weighted by Gasteiger charge is 2.24. The van der Waals surface area contributed by atoms with Crippen molar-refractivity contribution in [1.82, 2.24) is 5.32 Å². The number of piperidine rings is 1. The van der Waals surface area contributed by atoms with Gasteiger partial charge in [-0.1, -0.05) is 24.3 Å². The predicted molar refractivity (Wildman–Crippen MR) is 115 cm³/mol. The van der Waals surface area contributed by atoms with Gasteiger partial charge in [0, 0.05) is 16.5 Å². The number of benzene rings is 2. The third-order valence-electron chi connectivity index (χ3n) is 5.06. The summed E-state index contributed by atoms with van der Waals surface area (Å²) in [5.74, 6) is 1.15. The third-order valence-corrected chi connectivity index (χ3v) is 6.20. The van der Waals surface area contributed by atoms with Crippen LogP contribution in [0.2, 0.25) is 0 Å². The number of hydrogen-bond donors (Lipinski definition) is 1. The summed E-state index contributed by atoms with van der Waals surface area (Å²) in [5, 5.41) is 4.32. The van der Waals surface area contributed by atoms with Gasteiger partial charge in [0.2, 0.25) is 0 Å². The van der Waals surface area contributed by atoms with Gasteiger partial charge in [-0.15, -0.1) is 11.3 Å². The zero-order valence-corrected chi connectivity index (χ0v) is 17.3. The molecule has 4 rings (SSSR count). The molecule has 6 heteroatoms. The molecular weight excluding hydrogens is 386 g/mol. The minimum Gasteiger partial charge on any atom is -0.497 e. The monoisotopic (exact) mass is 411 g/mol. The Morgan fingerprint density at radius 1 is 1.14 bits per heavy atom. The first-order valence-electron chi connectivity index (χ1n) is 9.93. The topological polar surface area (TPSA) is 56.8 Å². The van der Waals surface area contributed by atoms with Gasteiger partial charge in [0.05, 0.1) is 13.7 Å². The van der Waals surface area contributed by atoms with E-state index >= 15 is 0 Å². The molecule has 1 aromatic heterocycles. The van der Waals surface area contributed by atoms with Crippen LogP contribution < -0.4 is 14.8 Å². The van der Waals surface area contributed by atoms with E-state index in [1.54, 1.807) is 7.11 Å².